The zero-order valence-electron chi connectivity index (χ0n) is 6.87. The largest absolute Gasteiger partial charge is 0.344 e. The Balaban J connectivity index is 0. The lowest BCUT2D eigenvalue weighted by molar-refractivity contribution is 0.470. The quantitative estimate of drug-likeness (QED) is 0.524. The van der Waals surface area contributed by atoms with Crippen LogP contribution in [0.2, 0.25) is 0 Å². The maximum Gasteiger partial charge on any atom is 0.200 e. The summed E-state index contributed by atoms with van der Waals surface area (Å²) in [6.45, 7) is 5.67. The molecule has 3 radical (unpaired) electrons. The fourth-order valence-corrected chi connectivity index (χ4v) is 2.10. The third kappa shape index (κ3) is 6.84. The second kappa shape index (κ2) is 5.38. The average molecular weight is 177 g/mol. The second-order valence-electron chi connectivity index (χ2n) is 2.74. The predicted molar refractivity (Wildman–Crippen MR) is 45.8 cm³/mol. The van der Waals surface area contributed by atoms with Crippen LogP contribution in [-0.4, -0.2) is 34.6 Å². The summed E-state index contributed by atoms with van der Waals surface area (Å²) < 4.78 is 10.9. The van der Waals surface area contributed by atoms with Crippen molar-refractivity contribution < 1.29 is 9.46 Å². The van der Waals surface area contributed by atoms with Gasteiger partial charge >= 0.3 is 0 Å². The van der Waals surface area contributed by atoms with Gasteiger partial charge in [0.15, 0.2) is 0 Å². The van der Waals surface area contributed by atoms with Gasteiger partial charge in [-0.25, -0.2) is 0 Å². The molecule has 59 valence electrons. The van der Waals surface area contributed by atoms with Crippen molar-refractivity contribution in [3.63, 3.8) is 0 Å². The molecule has 4 heteroatoms. The first-order valence-corrected chi connectivity index (χ1v) is 5.32. The maximum atomic E-state index is 10.9. The Hall–Kier alpha value is 0.722. The molecule has 0 rings (SSSR count). The molecule has 1 unspecified atom stereocenters. The van der Waals surface area contributed by atoms with Gasteiger partial charge in [-0.05, 0) is 5.92 Å². The van der Waals surface area contributed by atoms with Gasteiger partial charge in [0.2, 0.25) is 7.37 Å². The van der Waals surface area contributed by atoms with Crippen molar-refractivity contribution in [3.05, 3.63) is 0 Å². The van der Waals surface area contributed by atoms with Gasteiger partial charge in [0, 0.05) is 29.7 Å². The first kappa shape index (κ1) is 13.3. The molecule has 0 spiro atoms. The van der Waals surface area contributed by atoms with Crippen molar-refractivity contribution in [2.24, 2.45) is 5.92 Å². The molecule has 0 fully saturated rings. The number of rotatable bonds is 3. The van der Waals surface area contributed by atoms with Crippen molar-refractivity contribution in [2.45, 2.75) is 20.8 Å². The zero-order valence-corrected chi connectivity index (χ0v) is 8.92. The highest BCUT2D eigenvalue weighted by Gasteiger charge is 2.15. The van der Waals surface area contributed by atoms with Crippen LogP contribution in [0.15, 0.2) is 0 Å². The molecule has 1 N–H and O–H groups in total. The number of hydrogen-bond acceptors (Lipinski definition) is 1. The Kier molecular flexibility index (Phi) is 7.17. The Labute approximate surface area is 73.6 Å². The molecule has 0 aliphatic heterocycles. The normalized spacial score (nSPS) is 16.1. The van der Waals surface area contributed by atoms with E-state index in [0.717, 1.165) is 0 Å². The highest BCUT2D eigenvalue weighted by molar-refractivity contribution is 7.57. The minimum atomic E-state index is -2.73. The van der Waals surface area contributed by atoms with E-state index in [0.29, 0.717) is 18.2 Å². The van der Waals surface area contributed by atoms with Gasteiger partial charge in [0.1, 0.15) is 0 Å². The third-order valence-corrected chi connectivity index (χ3v) is 3.43. The van der Waals surface area contributed by atoms with Gasteiger partial charge in [-0.2, -0.15) is 0 Å². The first-order chi connectivity index (χ1) is 3.98. The topological polar surface area (TPSA) is 37.3 Å². The maximum absolute atomic E-state index is 10.9. The van der Waals surface area contributed by atoms with Gasteiger partial charge in [0.05, 0.1) is 0 Å². The van der Waals surface area contributed by atoms with Crippen LogP contribution in [0.1, 0.15) is 20.8 Å². The Bertz CT molecular complexity index is 125. The van der Waals surface area contributed by atoms with Crippen LogP contribution in [0.4, 0.5) is 0 Å². The van der Waals surface area contributed by atoms with E-state index in [2.05, 4.69) is 0 Å². The molecule has 1 atom stereocenters. The summed E-state index contributed by atoms with van der Waals surface area (Å²) in [5.74, 6) is 0.334. The third-order valence-electron chi connectivity index (χ3n) is 1.14. The van der Waals surface area contributed by atoms with Crippen molar-refractivity contribution in [3.8, 4) is 0 Å². The summed E-state index contributed by atoms with van der Waals surface area (Å²) in [4.78, 5) is 9.05. The van der Waals surface area contributed by atoms with Gasteiger partial charge < -0.3 is 4.89 Å². The molecule has 0 aromatic rings. The molecule has 0 amide bonds. The van der Waals surface area contributed by atoms with Gasteiger partial charge in [-0.15, -0.1) is 0 Å². The summed E-state index contributed by atoms with van der Waals surface area (Å²) in [5.41, 5.74) is 0. The van der Waals surface area contributed by atoms with E-state index in [9.17, 15) is 4.57 Å². The standard InChI is InChI=1S/C6H15O2P.Al/c1-4-9(7,8)5-6(2)3;/h6H,4-5H2,1-3H3,(H,7,8);. The summed E-state index contributed by atoms with van der Waals surface area (Å²) in [7, 11) is -2.73. The fourth-order valence-electron chi connectivity index (χ4n) is 0.700. The van der Waals surface area contributed by atoms with Crippen molar-refractivity contribution in [1.29, 1.82) is 0 Å². The molecule has 0 bridgehead atoms. The predicted octanol–water partition coefficient (Wildman–Crippen LogP) is 1.55. The van der Waals surface area contributed by atoms with Crippen molar-refractivity contribution in [2.75, 3.05) is 12.3 Å². The van der Waals surface area contributed by atoms with E-state index in [1.165, 1.54) is 0 Å². The van der Waals surface area contributed by atoms with Crippen molar-refractivity contribution in [1.82, 2.24) is 0 Å². The molecule has 2 nitrogen and oxygen atoms in total. The molecular formula is C6H15AlO2P. The molecule has 0 aromatic heterocycles. The molecule has 0 heterocycles. The minimum Gasteiger partial charge on any atom is -0.344 e. The van der Waals surface area contributed by atoms with Crippen LogP contribution in [0.3, 0.4) is 0 Å². The first-order valence-electron chi connectivity index (χ1n) is 3.29. The van der Waals surface area contributed by atoms with E-state index in [1.54, 1.807) is 6.92 Å². The summed E-state index contributed by atoms with van der Waals surface area (Å²) in [5, 5.41) is 0. The van der Waals surface area contributed by atoms with E-state index in [4.69, 9.17) is 4.89 Å². The lowest BCUT2D eigenvalue weighted by Crippen LogP contribution is -1.98. The van der Waals surface area contributed by atoms with E-state index < -0.39 is 7.37 Å². The zero-order chi connectivity index (χ0) is 7.49. The van der Waals surface area contributed by atoms with E-state index in [-0.39, 0.29) is 17.4 Å². The highest BCUT2D eigenvalue weighted by Crippen LogP contribution is 2.41. The van der Waals surface area contributed by atoms with E-state index in [1.807, 2.05) is 13.8 Å². The molecule has 0 saturated heterocycles. The Morgan fingerprint density at radius 2 is 1.90 bits per heavy atom. The summed E-state index contributed by atoms with van der Waals surface area (Å²) >= 11 is 0. The minimum absolute atomic E-state index is 0. The molecule has 10 heavy (non-hydrogen) atoms. The monoisotopic (exact) mass is 177 g/mol. The van der Waals surface area contributed by atoms with Crippen LogP contribution < -0.4 is 0 Å². The van der Waals surface area contributed by atoms with Crippen LogP contribution in [-0.2, 0) is 4.57 Å². The second-order valence-corrected chi connectivity index (χ2v) is 5.43. The SMILES string of the molecule is CCP(=O)(O)CC(C)C.[Al]. The molecule has 0 aromatic carbocycles. The van der Waals surface area contributed by atoms with Crippen LogP contribution in [0.25, 0.3) is 0 Å². The van der Waals surface area contributed by atoms with Gasteiger partial charge in [-0.3, -0.25) is 4.57 Å². The van der Waals surface area contributed by atoms with Gasteiger partial charge in [0.25, 0.3) is 0 Å². The summed E-state index contributed by atoms with van der Waals surface area (Å²) in [6, 6.07) is 0. The smallest absolute Gasteiger partial charge is 0.200 e. The molecule has 0 aliphatic rings. The molecule has 0 aliphatic carbocycles. The lowest BCUT2D eigenvalue weighted by Gasteiger charge is -2.10. The van der Waals surface area contributed by atoms with E-state index >= 15 is 0 Å². The lowest BCUT2D eigenvalue weighted by atomic mass is 10.3. The number of hydrogen-bond donors (Lipinski definition) is 1. The van der Waals surface area contributed by atoms with Crippen LogP contribution in [0.5, 0.6) is 0 Å². The van der Waals surface area contributed by atoms with Crippen molar-refractivity contribution >= 4 is 24.7 Å². The molecular weight excluding hydrogens is 162 g/mol. The van der Waals surface area contributed by atoms with Crippen LogP contribution >= 0.6 is 7.37 Å². The Morgan fingerprint density at radius 1 is 1.50 bits per heavy atom. The van der Waals surface area contributed by atoms with Crippen LogP contribution in [0, 0.1) is 5.92 Å². The van der Waals surface area contributed by atoms with Gasteiger partial charge in [-0.1, -0.05) is 20.8 Å². The molecule has 0 saturated carbocycles. The fraction of sp³-hybridized carbons (Fsp3) is 1.00. The average Bonchev–Trinajstić information content (AvgIpc) is 1.63. The Morgan fingerprint density at radius 3 is 2.00 bits per heavy atom. The highest BCUT2D eigenvalue weighted by atomic mass is 31.2. The summed E-state index contributed by atoms with van der Waals surface area (Å²) in [6.07, 6.45) is 0.870.